The average Bonchev–Trinajstić information content (AvgIpc) is 3.09. The van der Waals surface area contributed by atoms with E-state index in [1.165, 1.54) is 5.57 Å². The summed E-state index contributed by atoms with van der Waals surface area (Å²) in [5.74, 6) is -0.263. The molecule has 0 N–H and O–H groups in total. The molecule has 0 unspecified atom stereocenters. The van der Waals surface area contributed by atoms with E-state index in [-0.39, 0.29) is 41.2 Å². The molecule has 7 atom stereocenters. The summed E-state index contributed by atoms with van der Waals surface area (Å²) >= 11 is 0. The van der Waals surface area contributed by atoms with Gasteiger partial charge in [0.05, 0.1) is 18.4 Å². The highest BCUT2D eigenvalue weighted by Gasteiger charge is 2.72. The maximum absolute atomic E-state index is 12.4. The van der Waals surface area contributed by atoms with Crippen molar-refractivity contribution in [2.75, 3.05) is 0 Å². The lowest BCUT2D eigenvalue weighted by atomic mass is 9.69. The molecule has 26 heavy (non-hydrogen) atoms. The fourth-order valence-electron chi connectivity index (χ4n) is 6.73. The second-order valence-electron chi connectivity index (χ2n) is 9.65. The topological polar surface area (TPSA) is 61.8 Å². The summed E-state index contributed by atoms with van der Waals surface area (Å²) in [5, 5.41) is 0. The average molecular weight is 360 g/mol. The zero-order valence-corrected chi connectivity index (χ0v) is 16.0. The van der Waals surface area contributed by atoms with Gasteiger partial charge in [0.1, 0.15) is 5.60 Å². The Balaban J connectivity index is 1.51. The van der Waals surface area contributed by atoms with Gasteiger partial charge < -0.3 is 14.2 Å². The van der Waals surface area contributed by atoms with Crippen LogP contribution in [-0.4, -0.2) is 29.4 Å². The van der Waals surface area contributed by atoms with Crippen molar-refractivity contribution in [1.29, 1.82) is 0 Å². The van der Waals surface area contributed by atoms with E-state index in [1.807, 2.05) is 20.8 Å². The molecular formula is C21H28O5. The molecule has 3 saturated heterocycles. The molecule has 0 aromatic carbocycles. The summed E-state index contributed by atoms with van der Waals surface area (Å²) in [6.45, 7) is 8.26. The summed E-state index contributed by atoms with van der Waals surface area (Å²) in [7, 11) is 0. The molecule has 0 bridgehead atoms. The lowest BCUT2D eigenvalue weighted by molar-refractivity contribution is -0.233. The molecule has 3 aliphatic heterocycles. The van der Waals surface area contributed by atoms with Crippen molar-refractivity contribution in [2.45, 2.75) is 77.3 Å². The number of rotatable bonds is 1. The Labute approximate surface area is 154 Å². The summed E-state index contributed by atoms with van der Waals surface area (Å²) in [6, 6.07) is 0. The van der Waals surface area contributed by atoms with Crippen LogP contribution in [0.2, 0.25) is 0 Å². The van der Waals surface area contributed by atoms with Gasteiger partial charge in [0.2, 0.25) is 5.79 Å². The van der Waals surface area contributed by atoms with Crippen LogP contribution in [0, 0.1) is 29.1 Å². The van der Waals surface area contributed by atoms with Gasteiger partial charge in [-0.05, 0) is 33.1 Å². The predicted molar refractivity (Wildman–Crippen MR) is 92.8 cm³/mol. The van der Waals surface area contributed by atoms with Gasteiger partial charge in [-0.25, -0.2) is 0 Å². The normalized spacial score (nSPS) is 50.9. The molecule has 0 aromatic heterocycles. The SMILES string of the molecule is CC[C@@]12OC(=O)C[C@]1(C)[C@H]1CC3=C[C@H]4C(=O)OC(C)(C)[C@@H]4CC[C@@H]3[C@H]1O2. The monoisotopic (exact) mass is 360 g/mol. The van der Waals surface area contributed by atoms with Crippen LogP contribution in [0.5, 0.6) is 0 Å². The maximum atomic E-state index is 12.4. The number of ether oxygens (including phenoxy) is 3. The zero-order chi connectivity index (χ0) is 18.5. The van der Waals surface area contributed by atoms with Crippen LogP contribution in [0.4, 0.5) is 0 Å². The van der Waals surface area contributed by atoms with E-state index in [0.29, 0.717) is 18.8 Å². The molecule has 142 valence electrons. The number of fused-ring (bicyclic) bond motifs is 6. The van der Waals surface area contributed by atoms with Gasteiger partial charge in [-0.1, -0.05) is 25.5 Å². The van der Waals surface area contributed by atoms with Crippen LogP contribution in [0.3, 0.4) is 0 Å². The Morgan fingerprint density at radius 3 is 2.62 bits per heavy atom. The van der Waals surface area contributed by atoms with E-state index < -0.39 is 11.4 Å². The molecule has 5 nitrogen and oxygen atoms in total. The number of hydrogen-bond acceptors (Lipinski definition) is 5. The minimum Gasteiger partial charge on any atom is -0.459 e. The largest absolute Gasteiger partial charge is 0.459 e. The van der Waals surface area contributed by atoms with E-state index in [0.717, 1.165) is 19.3 Å². The number of hydrogen-bond donors (Lipinski definition) is 0. The fourth-order valence-corrected chi connectivity index (χ4v) is 6.73. The van der Waals surface area contributed by atoms with E-state index in [2.05, 4.69) is 13.0 Å². The van der Waals surface area contributed by atoms with Crippen molar-refractivity contribution in [3.8, 4) is 0 Å². The highest BCUT2D eigenvalue weighted by Crippen LogP contribution is 2.66. The first kappa shape index (κ1) is 16.8. The molecule has 0 aromatic rings. The lowest BCUT2D eigenvalue weighted by Gasteiger charge is -2.35. The molecular weight excluding hydrogens is 332 g/mol. The van der Waals surface area contributed by atoms with Crippen molar-refractivity contribution in [1.82, 2.24) is 0 Å². The second-order valence-corrected chi connectivity index (χ2v) is 9.65. The molecule has 5 heteroatoms. The highest BCUT2D eigenvalue weighted by molar-refractivity contribution is 5.78. The van der Waals surface area contributed by atoms with Crippen molar-refractivity contribution >= 4 is 11.9 Å². The highest BCUT2D eigenvalue weighted by atomic mass is 16.7. The van der Waals surface area contributed by atoms with Crippen LogP contribution in [0.25, 0.3) is 0 Å². The van der Waals surface area contributed by atoms with Gasteiger partial charge in [-0.15, -0.1) is 0 Å². The molecule has 3 heterocycles. The van der Waals surface area contributed by atoms with E-state index >= 15 is 0 Å². The van der Waals surface area contributed by atoms with Gasteiger partial charge >= 0.3 is 11.9 Å². The van der Waals surface area contributed by atoms with Crippen LogP contribution >= 0.6 is 0 Å². The van der Waals surface area contributed by atoms with E-state index in [1.54, 1.807) is 0 Å². The first-order valence-corrected chi connectivity index (χ1v) is 10.0. The Morgan fingerprint density at radius 2 is 1.88 bits per heavy atom. The Hall–Kier alpha value is -1.36. The van der Waals surface area contributed by atoms with Crippen molar-refractivity contribution in [3.05, 3.63) is 11.6 Å². The molecule has 0 amide bonds. The first-order chi connectivity index (χ1) is 12.2. The van der Waals surface area contributed by atoms with Gasteiger partial charge in [-0.2, -0.15) is 0 Å². The van der Waals surface area contributed by atoms with Gasteiger partial charge in [0.15, 0.2) is 0 Å². The van der Waals surface area contributed by atoms with Gasteiger partial charge in [0, 0.05) is 29.6 Å². The third-order valence-electron chi connectivity index (χ3n) is 8.14. The molecule has 0 spiro atoms. The summed E-state index contributed by atoms with van der Waals surface area (Å²) in [6.07, 6.45) is 6.30. The minimum absolute atomic E-state index is 0.0837. The maximum Gasteiger partial charge on any atom is 0.313 e. The third kappa shape index (κ3) is 1.85. The molecule has 4 fully saturated rings. The zero-order valence-electron chi connectivity index (χ0n) is 16.0. The minimum atomic E-state index is -0.759. The number of carbonyl (C=O) groups is 2. The number of carbonyl (C=O) groups excluding carboxylic acids is 2. The van der Waals surface area contributed by atoms with E-state index in [4.69, 9.17) is 14.2 Å². The van der Waals surface area contributed by atoms with Crippen LogP contribution in [0.15, 0.2) is 11.6 Å². The third-order valence-corrected chi connectivity index (χ3v) is 8.14. The van der Waals surface area contributed by atoms with Crippen LogP contribution in [-0.2, 0) is 23.8 Å². The van der Waals surface area contributed by atoms with Crippen molar-refractivity contribution in [3.63, 3.8) is 0 Å². The molecule has 1 saturated carbocycles. The Bertz CT molecular complexity index is 724. The lowest BCUT2D eigenvalue weighted by Crippen LogP contribution is -2.42. The van der Waals surface area contributed by atoms with Crippen LogP contribution < -0.4 is 0 Å². The summed E-state index contributed by atoms with van der Waals surface area (Å²) in [4.78, 5) is 24.5. The molecule has 5 rings (SSSR count). The Kier molecular flexibility index (Phi) is 3.18. The van der Waals surface area contributed by atoms with E-state index in [9.17, 15) is 9.59 Å². The molecule has 5 aliphatic rings. The first-order valence-electron chi connectivity index (χ1n) is 10.0. The summed E-state index contributed by atoms with van der Waals surface area (Å²) in [5.41, 5.74) is 0.675. The van der Waals surface area contributed by atoms with Crippen LogP contribution in [0.1, 0.15) is 59.8 Å². The predicted octanol–water partition coefficient (Wildman–Crippen LogP) is 3.37. The van der Waals surface area contributed by atoms with Gasteiger partial charge in [-0.3, -0.25) is 9.59 Å². The Morgan fingerprint density at radius 1 is 1.12 bits per heavy atom. The van der Waals surface area contributed by atoms with Crippen molar-refractivity contribution in [2.24, 2.45) is 29.1 Å². The molecule has 2 aliphatic carbocycles. The van der Waals surface area contributed by atoms with Crippen molar-refractivity contribution < 1.29 is 23.8 Å². The number of esters is 2. The van der Waals surface area contributed by atoms with Gasteiger partial charge in [0.25, 0.3) is 0 Å². The fraction of sp³-hybridized carbons (Fsp3) is 0.810. The standard InChI is InChI=1S/C21H28O5/c1-5-21-20(4,10-16(22)24-21)15-9-11-8-13-14(19(2,3)26-18(13)23)7-6-12(11)17(15)25-21/h8,12-15,17H,5-7,9-10H2,1-4H3/t12-,13+,14+,15-,17+,20+,21-/m0/s1. The second kappa shape index (κ2) is 4.92. The quantitative estimate of drug-likeness (QED) is 0.530. The molecule has 0 radical (unpaired) electrons. The number of cyclic esters (lactones) is 1. The summed E-state index contributed by atoms with van der Waals surface area (Å²) < 4.78 is 17.9. The smallest absolute Gasteiger partial charge is 0.313 e.